The smallest absolute Gasteiger partial charge is 0.261 e. The van der Waals surface area contributed by atoms with Gasteiger partial charge in [0.25, 0.3) is 10.1 Å². The molecule has 0 aliphatic heterocycles. The number of hydrogen-bond donors (Lipinski definition) is 2. The molecule has 0 fully saturated rings. The minimum Gasteiger partial charge on any atom is -0.490 e. The molecule has 0 spiro atoms. The third-order valence-corrected chi connectivity index (χ3v) is 1.52. The first kappa shape index (κ1) is 16.7. The summed E-state index contributed by atoms with van der Waals surface area (Å²) in [6.07, 6.45) is 0.715. The van der Waals surface area contributed by atoms with E-state index in [1.165, 1.54) is 0 Å². The van der Waals surface area contributed by atoms with Crippen LogP contribution in [-0.4, -0.2) is 39.0 Å². The van der Waals surface area contributed by atoms with Gasteiger partial charge in [-0.1, -0.05) is 12.1 Å². The van der Waals surface area contributed by atoms with E-state index in [-0.39, 0.29) is 0 Å². The van der Waals surface area contributed by atoms with Crippen molar-refractivity contribution in [2.45, 2.75) is 6.92 Å². The van der Waals surface area contributed by atoms with Crippen molar-refractivity contribution in [3.63, 3.8) is 0 Å². The maximum absolute atomic E-state index is 9.19. The molecule has 0 aliphatic carbocycles. The first-order chi connectivity index (χ1) is 8.38. The highest BCUT2D eigenvalue weighted by Gasteiger charge is 2.01. The fraction of sp³-hybridized carbons (Fsp3) is 0.455. The Balaban J connectivity index is 0.000000494. The van der Waals surface area contributed by atoms with E-state index in [2.05, 4.69) is 0 Å². The number of rotatable bonds is 5. The van der Waals surface area contributed by atoms with Gasteiger partial charge in [0.15, 0.2) is 11.5 Å². The summed E-state index contributed by atoms with van der Waals surface area (Å²) in [5.74, 6) is 1.54. The fourth-order valence-electron chi connectivity index (χ4n) is 1.01. The van der Waals surface area contributed by atoms with Crippen LogP contribution in [-0.2, 0) is 10.1 Å². The van der Waals surface area contributed by atoms with Crippen molar-refractivity contribution in [1.82, 2.24) is 0 Å². The summed E-state index contributed by atoms with van der Waals surface area (Å²) >= 11 is 0. The van der Waals surface area contributed by atoms with E-state index in [0.29, 0.717) is 26.0 Å². The minimum atomic E-state index is -3.67. The van der Waals surface area contributed by atoms with Gasteiger partial charge in [-0.25, -0.2) is 0 Å². The van der Waals surface area contributed by atoms with E-state index < -0.39 is 10.1 Å². The van der Waals surface area contributed by atoms with Gasteiger partial charge in [-0.3, -0.25) is 4.55 Å². The number of para-hydroxylation sites is 2. The molecule has 1 aromatic carbocycles. The van der Waals surface area contributed by atoms with Crippen molar-refractivity contribution in [1.29, 1.82) is 0 Å². The molecule has 104 valence electrons. The Bertz CT molecular complexity index is 425. The average Bonchev–Trinajstić information content (AvgIpc) is 2.26. The molecule has 1 aromatic rings. The van der Waals surface area contributed by atoms with Gasteiger partial charge in [0.05, 0.1) is 12.9 Å². The van der Waals surface area contributed by atoms with Crippen molar-refractivity contribution in [2.24, 2.45) is 5.73 Å². The Morgan fingerprint density at radius 1 is 1.22 bits per heavy atom. The molecular weight excluding hydrogens is 258 g/mol. The van der Waals surface area contributed by atoms with Gasteiger partial charge in [0, 0.05) is 6.54 Å². The van der Waals surface area contributed by atoms with Crippen LogP contribution in [0.3, 0.4) is 0 Å². The first-order valence-corrected chi connectivity index (χ1v) is 7.20. The van der Waals surface area contributed by atoms with Gasteiger partial charge >= 0.3 is 0 Å². The molecule has 0 aliphatic rings. The molecule has 0 aromatic heterocycles. The second-order valence-corrected chi connectivity index (χ2v) is 4.72. The van der Waals surface area contributed by atoms with Crippen molar-refractivity contribution in [3.8, 4) is 11.5 Å². The predicted molar refractivity (Wildman–Crippen MR) is 69.6 cm³/mol. The lowest BCUT2D eigenvalue weighted by molar-refractivity contribution is 0.282. The molecule has 0 atom stereocenters. The number of nitrogens with two attached hydrogens (primary N) is 1. The Labute approximate surface area is 107 Å². The quantitative estimate of drug-likeness (QED) is 0.777. The molecule has 7 heteroatoms. The number of benzene rings is 1. The predicted octanol–water partition coefficient (Wildman–Crippen LogP) is 0.927. The largest absolute Gasteiger partial charge is 0.490 e. The normalized spacial score (nSPS) is 10.2. The van der Waals surface area contributed by atoms with Gasteiger partial charge in [0.2, 0.25) is 0 Å². The van der Waals surface area contributed by atoms with Crippen LogP contribution in [0.2, 0.25) is 0 Å². The van der Waals surface area contributed by atoms with Gasteiger partial charge in [0.1, 0.15) is 6.61 Å². The highest BCUT2D eigenvalue weighted by atomic mass is 32.2. The van der Waals surface area contributed by atoms with E-state index in [1.54, 1.807) is 0 Å². The molecule has 18 heavy (non-hydrogen) atoms. The standard InChI is InChI=1S/C10H15NO2.CH4O3S/c1-2-12-9-5-3-4-6-10(9)13-8-7-11;1-5(2,3)4/h3-6H,2,7-8,11H2,1H3;1H3,(H,2,3,4). The summed E-state index contributed by atoms with van der Waals surface area (Å²) in [4.78, 5) is 0. The van der Waals surface area contributed by atoms with Gasteiger partial charge in [-0.2, -0.15) is 8.42 Å². The van der Waals surface area contributed by atoms with Gasteiger partial charge in [-0.15, -0.1) is 0 Å². The lowest BCUT2D eigenvalue weighted by Crippen LogP contribution is -2.11. The Morgan fingerprint density at radius 3 is 2.06 bits per heavy atom. The fourth-order valence-corrected chi connectivity index (χ4v) is 1.01. The van der Waals surface area contributed by atoms with Crippen LogP contribution in [0, 0.1) is 0 Å². The van der Waals surface area contributed by atoms with Gasteiger partial charge < -0.3 is 15.2 Å². The van der Waals surface area contributed by atoms with Crippen LogP contribution in [0.15, 0.2) is 24.3 Å². The SMILES string of the molecule is CCOc1ccccc1OCCN.CS(=O)(=O)O. The highest BCUT2D eigenvalue weighted by Crippen LogP contribution is 2.25. The minimum absolute atomic E-state index is 0.514. The van der Waals surface area contributed by atoms with Crippen molar-refractivity contribution < 1.29 is 22.4 Å². The van der Waals surface area contributed by atoms with Crippen molar-refractivity contribution in [3.05, 3.63) is 24.3 Å². The summed E-state index contributed by atoms with van der Waals surface area (Å²) in [5.41, 5.74) is 5.33. The zero-order chi connectivity index (χ0) is 14.0. The third-order valence-electron chi connectivity index (χ3n) is 1.52. The van der Waals surface area contributed by atoms with Crippen LogP contribution in [0.4, 0.5) is 0 Å². The van der Waals surface area contributed by atoms with E-state index in [9.17, 15) is 8.42 Å². The van der Waals surface area contributed by atoms with E-state index >= 15 is 0 Å². The zero-order valence-electron chi connectivity index (χ0n) is 10.5. The van der Waals surface area contributed by atoms with Crippen LogP contribution in [0.5, 0.6) is 11.5 Å². The molecule has 0 bridgehead atoms. The second-order valence-electron chi connectivity index (χ2n) is 3.25. The Morgan fingerprint density at radius 2 is 1.67 bits per heavy atom. The molecule has 0 heterocycles. The molecule has 6 nitrogen and oxygen atoms in total. The number of ether oxygens (including phenoxy) is 2. The third kappa shape index (κ3) is 9.88. The maximum Gasteiger partial charge on any atom is 0.261 e. The molecular formula is C11H19NO5S. The maximum atomic E-state index is 9.19. The van der Waals surface area contributed by atoms with Crippen LogP contribution < -0.4 is 15.2 Å². The highest BCUT2D eigenvalue weighted by molar-refractivity contribution is 7.85. The summed E-state index contributed by atoms with van der Waals surface area (Å²) in [6, 6.07) is 7.59. The van der Waals surface area contributed by atoms with Crippen LogP contribution in [0.1, 0.15) is 6.92 Å². The summed E-state index contributed by atoms with van der Waals surface area (Å²) in [7, 11) is -3.67. The molecule has 1 rings (SSSR count). The summed E-state index contributed by atoms with van der Waals surface area (Å²) in [6.45, 7) is 3.62. The van der Waals surface area contributed by atoms with Gasteiger partial charge in [-0.05, 0) is 19.1 Å². The monoisotopic (exact) mass is 277 g/mol. The number of hydrogen-bond acceptors (Lipinski definition) is 5. The molecule has 0 radical (unpaired) electrons. The molecule has 3 N–H and O–H groups in total. The molecule has 0 saturated heterocycles. The Hall–Kier alpha value is -1.31. The lowest BCUT2D eigenvalue weighted by atomic mass is 10.3. The lowest BCUT2D eigenvalue weighted by Gasteiger charge is -2.10. The van der Waals surface area contributed by atoms with E-state index in [4.69, 9.17) is 19.8 Å². The summed E-state index contributed by atoms with van der Waals surface area (Å²) in [5, 5.41) is 0. The molecule has 0 unspecified atom stereocenters. The van der Waals surface area contributed by atoms with Crippen molar-refractivity contribution in [2.75, 3.05) is 26.0 Å². The zero-order valence-corrected chi connectivity index (χ0v) is 11.3. The van der Waals surface area contributed by atoms with Crippen LogP contribution in [0.25, 0.3) is 0 Å². The van der Waals surface area contributed by atoms with E-state index in [1.807, 2.05) is 31.2 Å². The average molecular weight is 277 g/mol. The van der Waals surface area contributed by atoms with Crippen molar-refractivity contribution >= 4 is 10.1 Å². The molecule has 0 amide bonds. The second kappa shape index (κ2) is 8.73. The first-order valence-electron chi connectivity index (χ1n) is 5.35. The molecule has 0 saturated carbocycles. The Kier molecular flexibility index (Phi) is 8.10. The van der Waals surface area contributed by atoms with Crippen LogP contribution >= 0.6 is 0 Å². The topological polar surface area (TPSA) is 98.9 Å². The van der Waals surface area contributed by atoms with E-state index in [0.717, 1.165) is 11.5 Å². The summed E-state index contributed by atoms with van der Waals surface area (Å²) < 4.78 is 36.6.